The van der Waals surface area contributed by atoms with Crippen molar-refractivity contribution in [3.05, 3.63) is 0 Å². The van der Waals surface area contributed by atoms with Gasteiger partial charge in [0.15, 0.2) is 0 Å². The molecule has 2 saturated carbocycles. The summed E-state index contributed by atoms with van der Waals surface area (Å²) < 4.78 is 0. The van der Waals surface area contributed by atoms with Gasteiger partial charge in [0.25, 0.3) is 0 Å². The van der Waals surface area contributed by atoms with Gasteiger partial charge in [-0.3, -0.25) is 0 Å². The van der Waals surface area contributed by atoms with Crippen LogP contribution in [0.15, 0.2) is 0 Å². The molecule has 1 heterocycles. The van der Waals surface area contributed by atoms with E-state index in [1.54, 1.807) is 0 Å². The molecule has 4 atom stereocenters. The molecule has 2 aliphatic carbocycles. The van der Waals surface area contributed by atoms with Crippen molar-refractivity contribution in [2.24, 2.45) is 17.6 Å². The van der Waals surface area contributed by atoms with Crippen molar-refractivity contribution in [3.63, 3.8) is 0 Å². The molecule has 3 aliphatic rings. The van der Waals surface area contributed by atoms with E-state index in [1.807, 2.05) is 0 Å². The fourth-order valence-electron chi connectivity index (χ4n) is 4.63. The summed E-state index contributed by atoms with van der Waals surface area (Å²) >= 11 is 0. The summed E-state index contributed by atoms with van der Waals surface area (Å²) in [5, 5.41) is 2.55. The molecule has 0 aromatic heterocycles. The van der Waals surface area contributed by atoms with Gasteiger partial charge in [0, 0.05) is 24.2 Å². The Hall–Kier alpha value is -0.120. The summed E-state index contributed by atoms with van der Waals surface area (Å²) in [6.07, 6.45) is 12.4. The summed E-state index contributed by atoms with van der Waals surface area (Å²) in [5.41, 5.74) is 10.4. The lowest BCUT2D eigenvalue weighted by Gasteiger charge is -2.49. The minimum absolute atomic E-state index is 0.186. The minimum atomic E-state index is 0.186. The Labute approximate surface area is 124 Å². The van der Waals surface area contributed by atoms with Crippen LogP contribution in [-0.2, 0) is 0 Å². The molecule has 3 fully saturated rings. The fourth-order valence-corrected chi connectivity index (χ4v) is 4.63. The highest BCUT2D eigenvalue weighted by Gasteiger charge is 2.43. The van der Waals surface area contributed by atoms with Crippen LogP contribution >= 0.6 is 0 Å². The van der Waals surface area contributed by atoms with Crippen LogP contribution in [0, 0.1) is 11.8 Å². The number of hydrogen-bond donors (Lipinski definition) is 2. The van der Waals surface area contributed by atoms with Crippen molar-refractivity contribution < 1.29 is 0 Å². The minimum Gasteiger partial charge on any atom is -0.329 e. The standard InChI is InChI=1S/C17H33N3/c1-13-5-3-6-14(2)20(13)19-17(12-18)10-4-7-16(11-17)15-8-9-15/h13-16,19H,3-12,18H2,1-2H3. The predicted octanol–water partition coefficient (Wildman–Crippen LogP) is 3.05. The second-order valence-corrected chi connectivity index (χ2v) is 7.83. The van der Waals surface area contributed by atoms with Gasteiger partial charge in [-0.05, 0) is 64.2 Å². The van der Waals surface area contributed by atoms with Crippen LogP contribution in [0.25, 0.3) is 0 Å². The lowest BCUT2D eigenvalue weighted by molar-refractivity contribution is -0.0181. The Bertz CT molecular complexity index is 318. The molecule has 3 N–H and O–H groups in total. The monoisotopic (exact) mass is 279 g/mol. The maximum atomic E-state index is 6.24. The lowest BCUT2D eigenvalue weighted by Crippen LogP contribution is -2.65. The number of hydrazine groups is 1. The molecule has 3 heteroatoms. The molecule has 0 amide bonds. The van der Waals surface area contributed by atoms with E-state index in [0.29, 0.717) is 12.1 Å². The normalized spacial score (nSPS) is 43.6. The molecule has 0 bridgehead atoms. The van der Waals surface area contributed by atoms with Gasteiger partial charge in [-0.2, -0.15) is 0 Å². The third-order valence-electron chi connectivity index (χ3n) is 6.12. The van der Waals surface area contributed by atoms with E-state index >= 15 is 0 Å². The Morgan fingerprint density at radius 1 is 1.00 bits per heavy atom. The van der Waals surface area contributed by atoms with Crippen molar-refractivity contribution in [2.75, 3.05) is 6.54 Å². The molecule has 116 valence electrons. The van der Waals surface area contributed by atoms with Crippen molar-refractivity contribution in [2.45, 2.75) is 89.3 Å². The zero-order valence-corrected chi connectivity index (χ0v) is 13.4. The van der Waals surface area contributed by atoms with Crippen LogP contribution in [0.2, 0.25) is 0 Å². The van der Waals surface area contributed by atoms with E-state index in [9.17, 15) is 0 Å². The van der Waals surface area contributed by atoms with E-state index in [-0.39, 0.29) is 5.54 Å². The molecule has 1 aliphatic heterocycles. The van der Waals surface area contributed by atoms with Crippen LogP contribution in [0.5, 0.6) is 0 Å². The third-order valence-corrected chi connectivity index (χ3v) is 6.12. The van der Waals surface area contributed by atoms with Gasteiger partial charge in [0.05, 0.1) is 0 Å². The summed E-state index contributed by atoms with van der Waals surface area (Å²) in [4.78, 5) is 0. The molecule has 0 spiro atoms. The van der Waals surface area contributed by atoms with Crippen LogP contribution in [0.4, 0.5) is 0 Å². The Morgan fingerprint density at radius 3 is 2.30 bits per heavy atom. The molecule has 0 aromatic carbocycles. The number of rotatable bonds is 4. The maximum absolute atomic E-state index is 6.24. The Morgan fingerprint density at radius 2 is 1.70 bits per heavy atom. The molecule has 20 heavy (non-hydrogen) atoms. The molecule has 3 nitrogen and oxygen atoms in total. The fraction of sp³-hybridized carbons (Fsp3) is 1.00. The SMILES string of the molecule is CC1CCCC(C)N1NC1(CN)CCCC(C2CC2)C1. The molecule has 0 radical (unpaired) electrons. The first kappa shape index (κ1) is 14.8. The van der Waals surface area contributed by atoms with Gasteiger partial charge in [-0.25, -0.2) is 10.4 Å². The number of hydrogen-bond acceptors (Lipinski definition) is 3. The highest BCUT2D eigenvalue weighted by atomic mass is 15.6. The predicted molar refractivity (Wildman–Crippen MR) is 84.2 cm³/mol. The van der Waals surface area contributed by atoms with Crippen LogP contribution in [0.3, 0.4) is 0 Å². The van der Waals surface area contributed by atoms with Crippen molar-refractivity contribution in [1.29, 1.82) is 0 Å². The smallest absolute Gasteiger partial charge is 0.0451 e. The number of piperidine rings is 1. The summed E-state index contributed by atoms with van der Waals surface area (Å²) in [6, 6.07) is 1.31. The van der Waals surface area contributed by atoms with E-state index in [0.717, 1.165) is 18.4 Å². The van der Waals surface area contributed by atoms with E-state index in [1.165, 1.54) is 57.8 Å². The highest BCUT2D eigenvalue weighted by molar-refractivity contribution is 4.98. The average Bonchev–Trinajstić information content (AvgIpc) is 3.28. The Kier molecular flexibility index (Phi) is 4.40. The van der Waals surface area contributed by atoms with Gasteiger partial charge in [-0.15, -0.1) is 0 Å². The molecule has 4 unspecified atom stereocenters. The van der Waals surface area contributed by atoms with E-state index < -0.39 is 0 Å². The molecule has 0 aromatic rings. The summed E-state index contributed by atoms with van der Waals surface area (Å²) in [6.45, 7) is 5.54. The molecule has 3 rings (SSSR count). The van der Waals surface area contributed by atoms with Crippen LogP contribution < -0.4 is 11.2 Å². The quantitative estimate of drug-likeness (QED) is 0.831. The third kappa shape index (κ3) is 3.05. The van der Waals surface area contributed by atoms with Gasteiger partial charge in [-0.1, -0.05) is 19.3 Å². The first-order chi connectivity index (χ1) is 9.63. The first-order valence-corrected chi connectivity index (χ1v) is 8.90. The molecular formula is C17H33N3. The van der Waals surface area contributed by atoms with E-state index in [2.05, 4.69) is 24.3 Å². The summed E-state index contributed by atoms with van der Waals surface area (Å²) in [5.74, 6) is 1.97. The average molecular weight is 279 g/mol. The largest absolute Gasteiger partial charge is 0.329 e. The number of nitrogens with zero attached hydrogens (tertiary/aromatic N) is 1. The molecule has 1 saturated heterocycles. The zero-order valence-electron chi connectivity index (χ0n) is 13.4. The van der Waals surface area contributed by atoms with Gasteiger partial charge in [0.1, 0.15) is 0 Å². The molecular weight excluding hydrogens is 246 g/mol. The first-order valence-electron chi connectivity index (χ1n) is 8.90. The van der Waals surface area contributed by atoms with Crippen molar-refractivity contribution in [1.82, 2.24) is 10.4 Å². The van der Waals surface area contributed by atoms with E-state index in [4.69, 9.17) is 5.73 Å². The zero-order chi connectivity index (χ0) is 14.2. The number of nitrogens with one attached hydrogen (secondary N) is 1. The number of nitrogens with two attached hydrogens (primary N) is 1. The van der Waals surface area contributed by atoms with Crippen molar-refractivity contribution in [3.8, 4) is 0 Å². The maximum Gasteiger partial charge on any atom is 0.0451 e. The lowest BCUT2D eigenvalue weighted by atomic mass is 9.74. The van der Waals surface area contributed by atoms with Gasteiger partial charge < -0.3 is 5.73 Å². The van der Waals surface area contributed by atoms with Crippen LogP contribution in [0.1, 0.15) is 71.6 Å². The summed E-state index contributed by atoms with van der Waals surface area (Å²) in [7, 11) is 0. The second kappa shape index (κ2) is 5.94. The Balaban J connectivity index is 1.67. The van der Waals surface area contributed by atoms with Gasteiger partial charge >= 0.3 is 0 Å². The van der Waals surface area contributed by atoms with Crippen LogP contribution in [-0.4, -0.2) is 29.2 Å². The second-order valence-electron chi connectivity index (χ2n) is 7.83. The van der Waals surface area contributed by atoms with Crippen molar-refractivity contribution >= 4 is 0 Å². The van der Waals surface area contributed by atoms with Gasteiger partial charge in [0.2, 0.25) is 0 Å². The topological polar surface area (TPSA) is 41.3 Å². The highest BCUT2D eigenvalue weighted by Crippen LogP contribution is 2.46.